The Kier molecular flexibility index (Phi) is 6.62. The molecule has 0 amide bonds. The van der Waals surface area contributed by atoms with Crippen LogP contribution >= 0.6 is 0 Å². The summed E-state index contributed by atoms with van der Waals surface area (Å²) < 4.78 is 11.1. The first-order valence-electron chi connectivity index (χ1n) is 6.31. The van der Waals surface area contributed by atoms with Gasteiger partial charge in [-0.15, -0.1) is 0 Å². The Morgan fingerprint density at radius 1 is 1.11 bits per heavy atom. The van der Waals surface area contributed by atoms with Gasteiger partial charge >= 0.3 is 0 Å². The molecule has 3 heteroatoms. The molecule has 18 heavy (non-hydrogen) atoms. The summed E-state index contributed by atoms with van der Waals surface area (Å²) in [4.78, 5) is 10.7. The number of rotatable bonds is 8. The number of ether oxygens (including phenoxy) is 2. The van der Waals surface area contributed by atoms with E-state index in [1.165, 1.54) is 0 Å². The van der Waals surface area contributed by atoms with Crippen LogP contribution in [-0.2, 0) is 0 Å². The van der Waals surface area contributed by atoms with E-state index in [9.17, 15) is 4.79 Å². The van der Waals surface area contributed by atoms with E-state index in [1.807, 2.05) is 6.92 Å². The molecule has 0 aliphatic rings. The minimum absolute atomic E-state index is 0.550. The number of carbonyl (C=O) groups is 1. The van der Waals surface area contributed by atoms with Crippen LogP contribution in [-0.4, -0.2) is 19.5 Å². The molecule has 0 N–H and O–H groups in total. The van der Waals surface area contributed by atoms with Crippen molar-refractivity contribution in [1.29, 1.82) is 0 Å². The van der Waals surface area contributed by atoms with E-state index in [0.29, 0.717) is 30.3 Å². The van der Waals surface area contributed by atoms with Crippen molar-refractivity contribution >= 4 is 6.29 Å². The Morgan fingerprint density at radius 3 is 2.61 bits per heavy atom. The molecule has 1 aromatic rings. The molecule has 1 rings (SSSR count). The smallest absolute Gasteiger partial charge is 0.161 e. The predicted octanol–water partition coefficient (Wildman–Crippen LogP) is 3.63. The zero-order valence-electron chi connectivity index (χ0n) is 11.0. The first-order chi connectivity index (χ1) is 8.81. The van der Waals surface area contributed by atoms with E-state index < -0.39 is 0 Å². The highest BCUT2D eigenvalue weighted by atomic mass is 16.5. The van der Waals surface area contributed by atoms with Gasteiger partial charge in [-0.2, -0.15) is 0 Å². The lowest BCUT2D eigenvalue weighted by Crippen LogP contribution is -2.00. The molecular formula is C15H20O3. The van der Waals surface area contributed by atoms with Gasteiger partial charge in [-0.05, 0) is 38.0 Å². The van der Waals surface area contributed by atoms with Crippen molar-refractivity contribution in [2.24, 2.45) is 0 Å². The Hall–Kier alpha value is -1.77. The summed E-state index contributed by atoms with van der Waals surface area (Å²) in [5, 5.41) is 0. The zero-order valence-corrected chi connectivity index (χ0v) is 11.0. The molecule has 0 atom stereocenters. The molecule has 0 fully saturated rings. The molecule has 0 aromatic heterocycles. The molecule has 0 aliphatic carbocycles. The molecule has 0 spiro atoms. The standard InChI is InChI=1S/C15H20O3/c1-3-5-6-7-10-18-14-9-8-13(12-16)11-15(14)17-4-2/h5-6,8-9,11-12H,3-4,7,10H2,1-2H3/b6-5-. The first kappa shape index (κ1) is 14.3. The van der Waals surface area contributed by atoms with Gasteiger partial charge in [0.05, 0.1) is 13.2 Å². The lowest BCUT2D eigenvalue weighted by molar-refractivity contribution is 0.112. The minimum Gasteiger partial charge on any atom is -0.490 e. The molecule has 3 nitrogen and oxygen atoms in total. The van der Waals surface area contributed by atoms with E-state index in [-0.39, 0.29) is 0 Å². The van der Waals surface area contributed by atoms with Crippen LogP contribution in [0.15, 0.2) is 30.4 Å². The monoisotopic (exact) mass is 248 g/mol. The second kappa shape index (κ2) is 8.34. The third-order valence-corrected chi connectivity index (χ3v) is 2.35. The minimum atomic E-state index is 0.550. The zero-order chi connectivity index (χ0) is 13.2. The summed E-state index contributed by atoms with van der Waals surface area (Å²) in [6.07, 6.45) is 6.92. The van der Waals surface area contributed by atoms with Crippen LogP contribution < -0.4 is 9.47 Å². The molecular weight excluding hydrogens is 228 g/mol. The Balaban J connectivity index is 2.62. The Labute approximate surface area is 108 Å². The number of carbonyl (C=O) groups excluding carboxylic acids is 1. The average Bonchev–Trinajstić information content (AvgIpc) is 2.40. The highest BCUT2D eigenvalue weighted by molar-refractivity contribution is 5.76. The van der Waals surface area contributed by atoms with Gasteiger partial charge in [0.15, 0.2) is 11.5 Å². The van der Waals surface area contributed by atoms with E-state index in [2.05, 4.69) is 19.1 Å². The van der Waals surface area contributed by atoms with Gasteiger partial charge in [-0.25, -0.2) is 0 Å². The van der Waals surface area contributed by atoms with Gasteiger partial charge in [0.25, 0.3) is 0 Å². The fraction of sp³-hybridized carbons (Fsp3) is 0.400. The fourth-order valence-corrected chi connectivity index (χ4v) is 1.51. The van der Waals surface area contributed by atoms with Gasteiger partial charge in [-0.3, -0.25) is 4.79 Å². The van der Waals surface area contributed by atoms with Gasteiger partial charge in [-0.1, -0.05) is 19.1 Å². The van der Waals surface area contributed by atoms with Crippen molar-refractivity contribution in [3.05, 3.63) is 35.9 Å². The Bertz CT molecular complexity index is 397. The maximum Gasteiger partial charge on any atom is 0.161 e. The number of hydrogen-bond donors (Lipinski definition) is 0. The summed E-state index contributed by atoms with van der Waals surface area (Å²) in [6, 6.07) is 5.21. The summed E-state index contributed by atoms with van der Waals surface area (Å²) in [5.41, 5.74) is 0.594. The quantitative estimate of drug-likeness (QED) is 0.400. The fourth-order valence-electron chi connectivity index (χ4n) is 1.51. The number of allylic oxidation sites excluding steroid dienone is 1. The largest absolute Gasteiger partial charge is 0.490 e. The molecule has 0 saturated heterocycles. The van der Waals surface area contributed by atoms with Gasteiger partial charge in [0.1, 0.15) is 6.29 Å². The number of hydrogen-bond acceptors (Lipinski definition) is 3. The van der Waals surface area contributed by atoms with Crippen LogP contribution in [0.25, 0.3) is 0 Å². The van der Waals surface area contributed by atoms with Crippen LogP contribution in [0.2, 0.25) is 0 Å². The van der Waals surface area contributed by atoms with Crippen LogP contribution in [0, 0.1) is 0 Å². The van der Waals surface area contributed by atoms with Gasteiger partial charge < -0.3 is 9.47 Å². The van der Waals surface area contributed by atoms with Crippen molar-refractivity contribution in [3.8, 4) is 11.5 Å². The van der Waals surface area contributed by atoms with Crippen LogP contribution in [0.5, 0.6) is 11.5 Å². The van der Waals surface area contributed by atoms with Crippen molar-refractivity contribution < 1.29 is 14.3 Å². The summed E-state index contributed by atoms with van der Waals surface area (Å²) in [7, 11) is 0. The third kappa shape index (κ3) is 4.62. The molecule has 98 valence electrons. The Morgan fingerprint density at radius 2 is 1.94 bits per heavy atom. The second-order valence-corrected chi connectivity index (χ2v) is 3.77. The van der Waals surface area contributed by atoms with Crippen molar-refractivity contribution in [3.63, 3.8) is 0 Å². The van der Waals surface area contributed by atoms with Crippen LogP contribution in [0.3, 0.4) is 0 Å². The third-order valence-electron chi connectivity index (χ3n) is 2.35. The van der Waals surface area contributed by atoms with Crippen LogP contribution in [0.4, 0.5) is 0 Å². The topological polar surface area (TPSA) is 35.5 Å². The average molecular weight is 248 g/mol. The molecule has 0 heterocycles. The molecule has 0 unspecified atom stereocenters. The summed E-state index contributed by atoms with van der Waals surface area (Å²) in [5.74, 6) is 1.31. The summed E-state index contributed by atoms with van der Waals surface area (Å²) in [6.45, 7) is 5.16. The van der Waals surface area contributed by atoms with E-state index >= 15 is 0 Å². The number of aldehydes is 1. The lowest BCUT2D eigenvalue weighted by Gasteiger charge is -2.11. The second-order valence-electron chi connectivity index (χ2n) is 3.77. The maximum atomic E-state index is 10.7. The normalized spacial score (nSPS) is 10.6. The van der Waals surface area contributed by atoms with Gasteiger partial charge in [0.2, 0.25) is 0 Å². The molecule has 0 bridgehead atoms. The van der Waals surface area contributed by atoms with E-state index in [1.54, 1.807) is 18.2 Å². The molecule has 0 radical (unpaired) electrons. The van der Waals surface area contributed by atoms with Crippen molar-refractivity contribution in [1.82, 2.24) is 0 Å². The number of benzene rings is 1. The lowest BCUT2D eigenvalue weighted by atomic mass is 10.2. The maximum absolute atomic E-state index is 10.7. The van der Waals surface area contributed by atoms with Crippen LogP contribution in [0.1, 0.15) is 37.0 Å². The van der Waals surface area contributed by atoms with Gasteiger partial charge in [0, 0.05) is 5.56 Å². The molecule has 0 saturated carbocycles. The first-order valence-corrected chi connectivity index (χ1v) is 6.31. The highest BCUT2D eigenvalue weighted by Crippen LogP contribution is 2.28. The highest BCUT2D eigenvalue weighted by Gasteiger charge is 2.05. The summed E-state index contributed by atoms with van der Waals surface area (Å²) >= 11 is 0. The van der Waals surface area contributed by atoms with E-state index in [0.717, 1.165) is 19.1 Å². The molecule has 0 aliphatic heterocycles. The predicted molar refractivity (Wildman–Crippen MR) is 72.5 cm³/mol. The van der Waals surface area contributed by atoms with E-state index in [4.69, 9.17) is 9.47 Å². The molecule has 1 aromatic carbocycles. The SMILES string of the molecule is CC/C=C\CCOc1ccc(C=O)cc1OCC. The van der Waals surface area contributed by atoms with Crippen molar-refractivity contribution in [2.45, 2.75) is 26.7 Å². The van der Waals surface area contributed by atoms with Crippen molar-refractivity contribution in [2.75, 3.05) is 13.2 Å².